The Bertz CT molecular complexity index is 462. The summed E-state index contributed by atoms with van der Waals surface area (Å²) < 4.78 is 5.04. The molecule has 16 heavy (non-hydrogen) atoms. The van der Waals surface area contributed by atoms with Crippen LogP contribution in [0.25, 0.3) is 0 Å². The van der Waals surface area contributed by atoms with E-state index in [2.05, 4.69) is 5.32 Å². The van der Waals surface area contributed by atoms with Gasteiger partial charge in [0.1, 0.15) is 5.75 Å². The third-order valence-corrected chi connectivity index (χ3v) is 2.81. The van der Waals surface area contributed by atoms with E-state index in [0.717, 1.165) is 11.4 Å². The normalized spacial score (nSPS) is 9.81. The Morgan fingerprint density at radius 2 is 2.00 bits per heavy atom. The van der Waals surface area contributed by atoms with E-state index in [4.69, 9.17) is 4.74 Å². The van der Waals surface area contributed by atoms with Crippen molar-refractivity contribution in [3.05, 3.63) is 46.7 Å². The van der Waals surface area contributed by atoms with Crippen molar-refractivity contribution in [1.82, 2.24) is 0 Å². The first-order chi connectivity index (χ1) is 7.79. The fourth-order valence-corrected chi connectivity index (χ4v) is 1.91. The maximum absolute atomic E-state index is 11.7. The molecule has 0 radical (unpaired) electrons. The van der Waals surface area contributed by atoms with E-state index >= 15 is 0 Å². The van der Waals surface area contributed by atoms with Gasteiger partial charge in [0.15, 0.2) is 0 Å². The van der Waals surface area contributed by atoms with Crippen LogP contribution in [0.4, 0.5) is 5.69 Å². The van der Waals surface area contributed by atoms with Gasteiger partial charge in [0, 0.05) is 11.1 Å². The Hall–Kier alpha value is -1.81. The lowest BCUT2D eigenvalue weighted by atomic mass is 10.2. The number of carbonyl (C=O) groups is 1. The van der Waals surface area contributed by atoms with Gasteiger partial charge in [0.05, 0.1) is 12.7 Å². The molecule has 2 rings (SSSR count). The van der Waals surface area contributed by atoms with Crippen molar-refractivity contribution in [1.29, 1.82) is 0 Å². The number of ether oxygens (including phenoxy) is 1. The Kier molecular flexibility index (Phi) is 3.22. The minimum Gasteiger partial charge on any atom is -0.497 e. The lowest BCUT2D eigenvalue weighted by Crippen LogP contribution is -2.10. The van der Waals surface area contributed by atoms with Crippen LogP contribution in [0.5, 0.6) is 5.75 Å². The molecule has 1 N–H and O–H groups in total. The topological polar surface area (TPSA) is 38.3 Å². The minimum atomic E-state index is -0.0913. The number of carbonyl (C=O) groups excluding carboxylic acids is 1. The van der Waals surface area contributed by atoms with Crippen LogP contribution in [-0.2, 0) is 0 Å². The molecule has 1 amide bonds. The third-order valence-electron chi connectivity index (χ3n) is 2.13. The van der Waals surface area contributed by atoms with Crippen molar-refractivity contribution in [2.75, 3.05) is 12.4 Å². The summed E-state index contributed by atoms with van der Waals surface area (Å²) >= 11 is 1.50. The zero-order valence-electron chi connectivity index (χ0n) is 8.77. The summed E-state index contributed by atoms with van der Waals surface area (Å²) in [6.45, 7) is 0. The molecule has 1 heterocycles. The van der Waals surface area contributed by atoms with Crippen LogP contribution in [0.15, 0.2) is 41.1 Å². The van der Waals surface area contributed by atoms with Gasteiger partial charge in [0.25, 0.3) is 5.91 Å². The van der Waals surface area contributed by atoms with Crippen molar-refractivity contribution < 1.29 is 9.53 Å². The molecule has 0 aliphatic heterocycles. The number of rotatable bonds is 3. The molecule has 0 aliphatic rings. The fourth-order valence-electron chi connectivity index (χ4n) is 1.27. The molecular weight excluding hydrogens is 222 g/mol. The number of anilines is 1. The van der Waals surface area contributed by atoms with E-state index in [1.165, 1.54) is 11.3 Å². The van der Waals surface area contributed by atoms with Gasteiger partial charge in [-0.15, -0.1) is 0 Å². The predicted octanol–water partition coefficient (Wildman–Crippen LogP) is 3.01. The molecule has 0 saturated heterocycles. The van der Waals surface area contributed by atoms with Crippen LogP contribution in [0.1, 0.15) is 10.4 Å². The number of methoxy groups -OCH3 is 1. The Morgan fingerprint density at radius 1 is 1.25 bits per heavy atom. The Labute approximate surface area is 97.7 Å². The number of hydrogen-bond acceptors (Lipinski definition) is 3. The van der Waals surface area contributed by atoms with Gasteiger partial charge in [-0.05, 0) is 35.7 Å². The van der Waals surface area contributed by atoms with Crippen molar-refractivity contribution in [2.24, 2.45) is 0 Å². The summed E-state index contributed by atoms with van der Waals surface area (Å²) in [6, 6.07) is 9.03. The number of hydrogen-bond donors (Lipinski definition) is 1. The van der Waals surface area contributed by atoms with Gasteiger partial charge < -0.3 is 10.1 Å². The zero-order valence-corrected chi connectivity index (χ0v) is 9.58. The van der Waals surface area contributed by atoms with Gasteiger partial charge >= 0.3 is 0 Å². The lowest BCUT2D eigenvalue weighted by Gasteiger charge is -2.04. The molecule has 0 atom stereocenters. The van der Waals surface area contributed by atoms with Crippen LogP contribution in [0, 0.1) is 0 Å². The zero-order chi connectivity index (χ0) is 11.4. The fraction of sp³-hybridized carbons (Fsp3) is 0.0833. The van der Waals surface area contributed by atoms with E-state index in [1.54, 1.807) is 13.2 Å². The van der Waals surface area contributed by atoms with Crippen molar-refractivity contribution in [3.63, 3.8) is 0 Å². The highest BCUT2D eigenvalue weighted by Crippen LogP contribution is 2.16. The summed E-state index contributed by atoms with van der Waals surface area (Å²) in [6.07, 6.45) is 0. The second kappa shape index (κ2) is 4.81. The molecule has 1 aromatic carbocycles. The average molecular weight is 233 g/mol. The van der Waals surface area contributed by atoms with E-state index in [9.17, 15) is 4.79 Å². The summed E-state index contributed by atoms with van der Waals surface area (Å²) in [7, 11) is 1.61. The molecule has 0 spiro atoms. The van der Waals surface area contributed by atoms with E-state index < -0.39 is 0 Å². The van der Waals surface area contributed by atoms with E-state index in [1.807, 2.05) is 35.0 Å². The summed E-state index contributed by atoms with van der Waals surface area (Å²) in [5, 5.41) is 6.50. The largest absolute Gasteiger partial charge is 0.497 e. The molecule has 82 valence electrons. The van der Waals surface area contributed by atoms with E-state index in [-0.39, 0.29) is 5.91 Å². The highest BCUT2D eigenvalue weighted by atomic mass is 32.1. The first-order valence-corrected chi connectivity index (χ1v) is 5.71. The third kappa shape index (κ3) is 2.41. The molecule has 0 bridgehead atoms. The first-order valence-electron chi connectivity index (χ1n) is 4.77. The average Bonchev–Trinajstić information content (AvgIpc) is 2.83. The van der Waals surface area contributed by atoms with Crippen LogP contribution < -0.4 is 10.1 Å². The first kappa shape index (κ1) is 10.7. The van der Waals surface area contributed by atoms with Crippen LogP contribution in [0.3, 0.4) is 0 Å². The number of thiophene rings is 1. The smallest absolute Gasteiger partial charge is 0.256 e. The summed E-state index contributed by atoms with van der Waals surface area (Å²) in [4.78, 5) is 11.7. The van der Waals surface area contributed by atoms with Gasteiger partial charge in [-0.25, -0.2) is 0 Å². The van der Waals surface area contributed by atoms with Crippen LogP contribution in [0.2, 0.25) is 0 Å². The molecule has 0 saturated carbocycles. The van der Waals surface area contributed by atoms with Crippen LogP contribution in [-0.4, -0.2) is 13.0 Å². The van der Waals surface area contributed by atoms with Crippen molar-refractivity contribution >= 4 is 22.9 Å². The SMILES string of the molecule is COc1ccc(NC(=O)c2ccsc2)cc1. The molecule has 4 heteroatoms. The quantitative estimate of drug-likeness (QED) is 0.885. The molecule has 3 nitrogen and oxygen atoms in total. The molecule has 2 aromatic rings. The maximum Gasteiger partial charge on any atom is 0.256 e. The molecule has 0 unspecified atom stereocenters. The second-order valence-corrected chi connectivity index (χ2v) is 3.97. The van der Waals surface area contributed by atoms with Crippen molar-refractivity contribution in [2.45, 2.75) is 0 Å². The number of amides is 1. The van der Waals surface area contributed by atoms with Crippen LogP contribution >= 0.6 is 11.3 Å². The van der Waals surface area contributed by atoms with Gasteiger partial charge in [-0.2, -0.15) is 11.3 Å². The molecular formula is C12H11NO2S. The maximum atomic E-state index is 11.7. The predicted molar refractivity (Wildman–Crippen MR) is 65.3 cm³/mol. The second-order valence-electron chi connectivity index (χ2n) is 3.19. The highest BCUT2D eigenvalue weighted by Gasteiger charge is 2.05. The lowest BCUT2D eigenvalue weighted by molar-refractivity contribution is 0.102. The van der Waals surface area contributed by atoms with Crippen molar-refractivity contribution in [3.8, 4) is 5.75 Å². The van der Waals surface area contributed by atoms with Gasteiger partial charge in [-0.3, -0.25) is 4.79 Å². The molecule has 1 aromatic heterocycles. The molecule has 0 aliphatic carbocycles. The summed E-state index contributed by atoms with van der Waals surface area (Å²) in [5.41, 5.74) is 1.44. The van der Waals surface area contributed by atoms with E-state index in [0.29, 0.717) is 5.56 Å². The Morgan fingerprint density at radius 3 is 2.56 bits per heavy atom. The standard InChI is InChI=1S/C12H11NO2S/c1-15-11-4-2-10(3-5-11)13-12(14)9-6-7-16-8-9/h2-8H,1H3,(H,13,14). The Balaban J connectivity index is 2.06. The van der Waals surface area contributed by atoms with Gasteiger partial charge in [-0.1, -0.05) is 0 Å². The monoisotopic (exact) mass is 233 g/mol. The number of benzene rings is 1. The summed E-state index contributed by atoms with van der Waals surface area (Å²) in [5.74, 6) is 0.681. The minimum absolute atomic E-state index is 0.0913. The molecule has 0 fully saturated rings. The van der Waals surface area contributed by atoms with Gasteiger partial charge in [0.2, 0.25) is 0 Å². The highest BCUT2D eigenvalue weighted by molar-refractivity contribution is 7.08. The number of nitrogens with one attached hydrogen (secondary N) is 1.